The minimum absolute atomic E-state index is 0.0250. The van der Waals surface area contributed by atoms with E-state index < -0.39 is 17.2 Å². The van der Waals surface area contributed by atoms with E-state index in [1.165, 1.54) is 18.2 Å². The highest BCUT2D eigenvalue weighted by atomic mass is 19.1. The van der Waals surface area contributed by atoms with Crippen LogP contribution in [0.1, 0.15) is 43.6 Å². The molecule has 0 unspecified atom stereocenters. The number of nitriles is 1. The number of benzene rings is 1. The first-order valence-electron chi connectivity index (χ1n) is 11.1. The molecule has 11 heteroatoms. The van der Waals surface area contributed by atoms with Crippen LogP contribution in [0, 0.1) is 17.1 Å². The Balaban J connectivity index is 1.62. The van der Waals surface area contributed by atoms with Crippen LogP contribution in [0.25, 0.3) is 22.6 Å². The first kappa shape index (κ1) is 24.4. The van der Waals surface area contributed by atoms with E-state index in [1.807, 2.05) is 38.1 Å². The largest absolute Gasteiger partial charge is 0.481 e. The lowest BCUT2D eigenvalue weighted by molar-refractivity contribution is -0.138. The Bertz CT molecular complexity index is 1480. The van der Waals surface area contributed by atoms with Crippen molar-refractivity contribution in [1.29, 1.82) is 5.26 Å². The summed E-state index contributed by atoms with van der Waals surface area (Å²) < 4.78 is 16.3. The van der Waals surface area contributed by atoms with Crippen molar-refractivity contribution in [3.8, 4) is 28.7 Å². The SMILES string of the molecule is CC[C@](C)(CC(=O)O)c1cccc(Cn2cc(-c3cc(-c4cccc(C#N)c4F)nc(N)n3)nn2)n1. The van der Waals surface area contributed by atoms with Crippen LogP contribution < -0.4 is 5.73 Å². The highest BCUT2D eigenvalue weighted by molar-refractivity contribution is 5.69. The number of aromatic nitrogens is 6. The lowest BCUT2D eigenvalue weighted by atomic mass is 9.80. The summed E-state index contributed by atoms with van der Waals surface area (Å²) in [7, 11) is 0. The smallest absolute Gasteiger partial charge is 0.304 e. The number of pyridine rings is 1. The molecule has 0 saturated heterocycles. The number of anilines is 1. The molecule has 0 fully saturated rings. The number of carboxylic acids is 1. The molecule has 0 spiro atoms. The molecule has 0 aliphatic heterocycles. The average molecular weight is 487 g/mol. The first-order chi connectivity index (χ1) is 17.2. The molecule has 0 aliphatic carbocycles. The van der Waals surface area contributed by atoms with Crippen molar-refractivity contribution < 1.29 is 14.3 Å². The lowest BCUT2D eigenvalue weighted by Crippen LogP contribution is -2.26. The van der Waals surface area contributed by atoms with Gasteiger partial charge in [-0.2, -0.15) is 5.26 Å². The predicted molar refractivity (Wildman–Crippen MR) is 129 cm³/mol. The summed E-state index contributed by atoms with van der Waals surface area (Å²) in [5.41, 5.74) is 7.63. The van der Waals surface area contributed by atoms with Gasteiger partial charge in [0.25, 0.3) is 0 Å². The second kappa shape index (κ2) is 9.87. The summed E-state index contributed by atoms with van der Waals surface area (Å²) in [4.78, 5) is 24.3. The van der Waals surface area contributed by atoms with Gasteiger partial charge < -0.3 is 10.8 Å². The van der Waals surface area contributed by atoms with Gasteiger partial charge in [0.15, 0.2) is 0 Å². The van der Waals surface area contributed by atoms with Crippen LogP contribution in [0.2, 0.25) is 0 Å². The second-order valence-electron chi connectivity index (χ2n) is 8.58. The van der Waals surface area contributed by atoms with Crippen LogP contribution in [0.15, 0.2) is 48.7 Å². The summed E-state index contributed by atoms with van der Waals surface area (Å²) in [5.74, 6) is -1.65. The van der Waals surface area contributed by atoms with E-state index >= 15 is 0 Å². The van der Waals surface area contributed by atoms with E-state index in [1.54, 1.807) is 16.9 Å². The molecule has 0 bridgehead atoms. The van der Waals surface area contributed by atoms with Crippen LogP contribution in [0.5, 0.6) is 0 Å². The summed E-state index contributed by atoms with van der Waals surface area (Å²) in [6.45, 7) is 4.11. The molecule has 1 aromatic carbocycles. The molecule has 4 rings (SSSR count). The molecule has 3 N–H and O–H groups in total. The van der Waals surface area contributed by atoms with Crippen molar-refractivity contribution in [1.82, 2.24) is 29.9 Å². The number of hydrogen-bond acceptors (Lipinski definition) is 8. The zero-order valence-corrected chi connectivity index (χ0v) is 19.7. The molecule has 10 nitrogen and oxygen atoms in total. The van der Waals surface area contributed by atoms with Crippen LogP contribution in [-0.4, -0.2) is 41.0 Å². The molecule has 3 aromatic heterocycles. The Morgan fingerprint density at radius 1 is 1.17 bits per heavy atom. The highest BCUT2D eigenvalue weighted by Gasteiger charge is 2.29. The number of halogens is 1. The van der Waals surface area contributed by atoms with Crippen molar-refractivity contribution in [3.05, 3.63) is 71.4 Å². The molecule has 0 saturated carbocycles. The van der Waals surface area contributed by atoms with Gasteiger partial charge in [-0.05, 0) is 36.8 Å². The Kier molecular flexibility index (Phi) is 6.69. The number of hydrogen-bond donors (Lipinski definition) is 2. The topological polar surface area (TPSA) is 156 Å². The summed E-state index contributed by atoms with van der Waals surface area (Å²) >= 11 is 0. The van der Waals surface area contributed by atoms with E-state index in [-0.39, 0.29) is 29.2 Å². The summed E-state index contributed by atoms with van der Waals surface area (Å²) in [6, 6.07) is 13.3. The third-order valence-electron chi connectivity index (χ3n) is 6.01. The second-order valence-corrected chi connectivity index (χ2v) is 8.58. The van der Waals surface area contributed by atoms with Gasteiger partial charge in [0.05, 0.1) is 41.8 Å². The molecule has 0 aliphatic rings. The fourth-order valence-electron chi connectivity index (χ4n) is 3.84. The molecule has 0 amide bonds. The van der Waals surface area contributed by atoms with Crippen molar-refractivity contribution >= 4 is 11.9 Å². The first-order valence-corrected chi connectivity index (χ1v) is 11.1. The average Bonchev–Trinajstić information content (AvgIpc) is 3.32. The standard InChI is InChI=1S/C25H23FN8O2/c1-3-25(2,11-22(35)36)21-9-5-7-16(29-21)13-34-14-20(32-33-34)19-10-18(30-24(28)31-19)17-8-4-6-15(12-27)23(17)26/h4-10,14H,3,11,13H2,1-2H3,(H,35,36)(H2,28,30,31)/t25-/m1/s1. The van der Waals surface area contributed by atoms with E-state index in [0.717, 1.165) is 0 Å². The molecular weight excluding hydrogens is 463 g/mol. The monoisotopic (exact) mass is 486 g/mol. The van der Waals surface area contributed by atoms with E-state index in [0.29, 0.717) is 35.7 Å². The third kappa shape index (κ3) is 5.02. The van der Waals surface area contributed by atoms with Crippen molar-refractivity contribution in [2.75, 3.05) is 5.73 Å². The minimum Gasteiger partial charge on any atom is -0.481 e. The molecule has 36 heavy (non-hydrogen) atoms. The van der Waals surface area contributed by atoms with Gasteiger partial charge in [-0.15, -0.1) is 5.10 Å². The number of rotatable bonds is 8. The maximum absolute atomic E-state index is 14.7. The number of nitrogen functional groups attached to an aromatic ring is 1. The molecular formula is C25H23FN8O2. The number of carboxylic acid groups (broad SMARTS) is 1. The lowest BCUT2D eigenvalue weighted by Gasteiger charge is -2.26. The normalized spacial score (nSPS) is 12.6. The maximum Gasteiger partial charge on any atom is 0.304 e. The van der Waals surface area contributed by atoms with Gasteiger partial charge in [-0.1, -0.05) is 31.2 Å². The van der Waals surface area contributed by atoms with Crippen LogP contribution in [0.3, 0.4) is 0 Å². The summed E-state index contributed by atoms with van der Waals surface area (Å²) in [6.07, 6.45) is 2.25. The predicted octanol–water partition coefficient (Wildman–Crippen LogP) is 3.58. The van der Waals surface area contributed by atoms with E-state index in [9.17, 15) is 14.3 Å². The zero-order chi connectivity index (χ0) is 25.9. The molecule has 1 atom stereocenters. The van der Waals surface area contributed by atoms with Gasteiger partial charge in [0.2, 0.25) is 5.95 Å². The van der Waals surface area contributed by atoms with Crippen molar-refractivity contribution in [2.45, 2.75) is 38.6 Å². The molecule has 0 radical (unpaired) electrons. The maximum atomic E-state index is 14.7. The van der Waals surface area contributed by atoms with Crippen LogP contribution >= 0.6 is 0 Å². The Morgan fingerprint density at radius 2 is 1.92 bits per heavy atom. The van der Waals surface area contributed by atoms with E-state index in [4.69, 9.17) is 11.0 Å². The van der Waals surface area contributed by atoms with Crippen molar-refractivity contribution in [2.24, 2.45) is 0 Å². The Labute approximate surface area is 206 Å². The summed E-state index contributed by atoms with van der Waals surface area (Å²) in [5, 5.41) is 26.7. The quantitative estimate of drug-likeness (QED) is 0.380. The van der Waals surface area contributed by atoms with E-state index in [2.05, 4.69) is 25.3 Å². The number of nitrogens with two attached hydrogens (primary N) is 1. The van der Waals surface area contributed by atoms with Crippen LogP contribution in [-0.2, 0) is 16.8 Å². The molecule has 182 valence electrons. The minimum atomic E-state index is -0.879. The third-order valence-corrected chi connectivity index (χ3v) is 6.01. The Hall–Kier alpha value is -4.72. The fourth-order valence-corrected chi connectivity index (χ4v) is 3.84. The van der Waals surface area contributed by atoms with Crippen molar-refractivity contribution in [3.63, 3.8) is 0 Å². The highest BCUT2D eigenvalue weighted by Crippen LogP contribution is 2.30. The molecule has 4 aromatic rings. The molecule has 3 heterocycles. The zero-order valence-electron chi connectivity index (χ0n) is 19.7. The fraction of sp³-hybridized carbons (Fsp3) is 0.240. The number of carbonyl (C=O) groups is 1. The van der Waals surface area contributed by atoms with Gasteiger partial charge in [-0.25, -0.2) is 19.0 Å². The van der Waals surface area contributed by atoms with Gasteiger partial charge >= 0.3 is 5.97 Å². The van der Waals surface area contributed by atoms with Crippen LogP contribution in [0.4, 0.5) is 10.3 Å². The number of aliphatic carboxylic acids is 1. The Morgan fingerprint density at radius 3 is 2.64 bits per heavy atom. The van der Waals surface area contributed by atoms with Gasteiger partial charge in [0.1, 0.15) is 17.6 Å². The number of nitrogens with zero attached hydrogens (tertiary/aromatic N) is 7. The van der Waals surface area contributed by atoms with Gasteiger partial charge in [-0.3, -0.25) is 9.78 Å². The van der Waals surface area contributed by atoms with Gasteiger partial charge in [0, 0.05) is 16.7 Å².